The van der Waals surface area contributed by atoms with Gasteiger partial charge in [0.05, 0.1) is 24.0 Å². The molecule has 0 aliphatic carbocycles. The summed E-state index contributed by atoms with van der Waals surface area (Å²) < 4.78 is 5.72. The van der Waals surface area contributed by atoms with Crippen LogP contribution < -0.4 is 11.6 Å². The minimum absolute atomic E-state index is 0.151. The molecule has 2 heterocycles. The van der Waals surface area contributed by atoms with E-state index in [9.17, 15) is 0 Å². The van der Waals surface area contributed by atoms with E-state index in [0.29, 0.717) is 5.92 Å². The fourth-order valence-electron chi connectivity index (χ4n) is 3.30. The van der Waals surface area contributed by atoms with Gasteiger partial charge in [-0.05, 0) is 23.0 Å². The molecule has 0 aromatic heterocycles. The zero-order valence-corrected chi connectivity index (χ0v) is 13.1. The third-order valence-corrected chi connectivity index (χ3v) is 4.58. The highest BCUT2D eigenvalue weighted by Gasteiger charge is 2.41. The first-order valence-electron chi connectivity index (χ1n) is 7.62. The topological polar surface area (TPSA) is 64.5 Å². The molecular weight excluding hydrogens is 262 g/mol. The molecule has 4 nitrogen and oxygen atoms in total. The molecule has 2 saturated heterocycles. The second kappa shape index (κ2) is 5.04. The summed E-state index contributed by atoms with van der Waals surface area (Å²) in [5, 5.41) is 1.77. The number of benzene rings is 1. The van der Waals surface area contributed by atoms with Crippen molar-refractivity contribution in [1.82, 2.24) is 5.01 Å². The van der Waals surface area contributed by atoms with Gasteiger partial charge >= 0.3 is 0 Å². The lowest BCUT2D eigenvalue weighted by atomic mass is 9.86. The van der Waals surface area contributed by atoms with E-state index in [0.717, 1.165) is 36.5 Å². The zero-order valence-electron chi connectivity index (χ0n) is 13.1. The Kier molecular flexibility index (Phi) is 3.46. The minimum Gasteiger partial charge on any atom is -0.397 e. The zero-order chi connectivity index (χ0) is 15.2. The first kappa shape index (κ1) is 14.4. The molecule has 1 aromatic carbocycles. The number of rotatable bonds is 1. The van der Waals surface area contributed by atoms with Gasteiger partial charge in [-0.2, -0.15) is 0 Å². The van der Waals surface area contributed by atoms with E-state index in [1.165, 1.54) is 5.56 Å². The third-order valence-electron chi connectivity index (χ3n) is 4.58. The van der Waals surface area contributed by atoms with Crippen molar-refractivity contribution in [2.24, 2.45) is 17.5 Å². The Morgan fingerprint density at radius 2 is 1.90 bits per heavy atom. The van der Waals surface area contributed by atoms with Crippen LogP contribution in [0.15, 0.2) is 30.0 Å². The van der Waals surface area contributed by atoms with Crippen LogP contribution in [0.1, 0.15) is 38.3 Å². The molecule has 0 radical (unpaired) electrons. The molecule has 2 fully saturated rings. The van der Waals surface area contributed by atoms with Crippen molar-refractivity contribution in [3.63, 3.8) is 0 Å². The Morgan fingerprint density at radius 3 is 2.52 bits per heavy atom. The second-order valence-corrected chi connectivity index (χ2v) is 7.08. The van der Waals surface area contributed by atoms with Crippen molar-refractivity contribution in [1.29, 1.82) is 0 Å². The van der Waals surface area contributed by atoms with E-state index >= 15 is 0 Å². The molecule has 0 saturated carbocycles. The Bertz CT molecular complexity index is 556. The maximum absolute atomic E-state index is 6.41. The van der Waals surface area contributed by atoms with Crippen LogP contribution in [0.25, 0.3) is 5.70 Å². The van der Waals surface area contributed by atoms with Crippen molar-refractivity contribution in [3.8, 4) is 0 Å². The highest BCUT2D eigenvalue weighted by Crippen LogP contribution is 2.38. The maximum atomic E-state index is 6.41. The normalized spacial score (nSPS) is 27.9. The molecular formula is C17H25N3O. The van der Waals surface area contributed by atoms with E-state index in [-0.39, 0.29) is 11.5 Å². The van der Waals surface area contributed by atoms with Gasteiger partial charge in [0.15, 0.2) is 0 Å². The molecule has 21 heavy (non-hydrogen) atoms. The van der Waals surface area contributed by atoms with Crippen LogP contribution in [0, 0.1) is 5.92 Å². The number of nitrogens with zero attached hydrogens (tertiary/aromatic N) is 1. The van der Waals surface area contributed by atoms with Crippen LogP contribution in [0.5, 0.6) is 0 Å². The highest BCUT2D eigenvalue weighted by molar-refractivity contribution is 5.67. The van der Waals surface area contributed by atoms with Gasteiger partial charge in [-0.25, -0.2) is 5.84 Å². The summed E-state index contributed by atoms with van der Waals surface area (Å²) in [6.07, 6.45) is 1.21. The van der Waals surface area contributed by atoms with Gasteiger partial charge in [0.1, 0.15) is 0 Å². The van der Waals surface area contributed by atoms with Crippen molar-refractivity contribution in [2.45, 2.75) is 38.7 Å². The summed E-state index contributed by atoms with van der Waals surface area (Å²) in [5.41, 5.74) is 10.7. The Labute approximate surface area is 126 Å². The Hall–Kier alpha value is -1.52. The van der Waals surface area contributed by atoms with Crippen LogP contribution in [0.2, 0.25) is 0 Å². The monoisotopic (exact) mass is 287 g/mol. The predicted octanol–water partition coefficient (Wildman–Crippen LogP) is 2.21. The number of fused-ring (bicyclic) bond motifs is 1. The Balaban J connectivity index is 1.94. The molecule has 2 atom stereocenters. The lowest BCUT2D eigenvalue weighted by Gasteiger charge is -2.21. The first-order valence-corrected chi connectivity index (χ1v) is 7.62. The molecule has 0 spiro atoms. The summed E-state index contributed by atoms with van der Waals surface area (Å²) in [6, 6.07) is 8.50. The van der Waals surface area contributed by atoms with Crippen LogP contribution >= 0.6 is 0 Å². The molecule has 114 valence electrons. The Morgan fingerprint density at radius 1 is 1.24 bits per heavy atom. The minimum atomic E-state index is 0.151. The van der Waals surface area contributed by atoms with Gasteiger partial charge in [0.2, 0.25) is 0 Å². The fraction of sp³-hybridized carbons (Fsp3) is 0.529. The molecule has 2 aliphatic rings. The second-order valence-electron chi connectivity index (χ2n) is 7.08. The number of hydrogen-bond donors (Lipinski definition) is 2. The smallest absolute Gasteiger partial charge is 0.0850 e. The predicted molar refractivity (Wildman–Crippen MR) is 85.0 cm³/mol. The van der Waals surface area contributed by atoms with E-state index < -0.39 is 0 Å². The molecule has 4 N–H and O–H groups in total. The van der Waals surface area contributed by atoms with E-state index in [4.69, 9.17) is 16.3 Å². The molecule has 0 amide bonds. The lowest BCUT2D eigenvalue weighted by molar-refractivity contribution is 0.0997. The van der Waals surface area contributed by atoms with Gasteiger partial charge in [-0.3, -0.25) is 0 Å². The fourth-order valence-corrected chi connectivity index (χ4v) is 3.30. The van der Waals surface area contributed by atoms with E-state index in [2.05, 4.69) is 45.0 Å². The van der Waals surface area contributed by atoms with Crippen LogP contribution in [0.3, 0.4) is 0 Å². The molecule has 0 bridgehead atoms. The number of hydrogen-bond acceptors (Lipinski definition) is 4. The quantitative estimate of drug-likeness (QED) is 0.777. The molecule has 3 rings (SSSR count). The molecule has 2 aliphatic heterocycles. The average molecular weight is 287 g/mol. The van der Waals surface area contributed by atoms with E-state index in [1.54, 1.807) is 5.01 Å². The summed E-state index contributed by atoms with van der Waals surface area (Å²) in [4.78, 5) is 0. The van der Waals surface area contributed by atoms with Gasteiger partial charge in [0.25, 0.3) is 0 Å². The molecule has 1 aromatic rings. The third kappa shape index (κ3) is 2.54. The van der Waals surface area contributed by atoms with Crippen LogP contribution in [-0.4, -0.2) is 24.3 Å². The van der Waals surface area contributed by atoms with Gasteiger partial charge in [-0.15, -0.1) is 0 Å². The lowest BCUT2D eigenvalue weighted by Crippen LogP contribution is -2.30. The van der Waals surface area contributed by atoms with E-state index in [1.807, 2.05) is 0 Å². The van der Waals surface area contributed by atoms with Crippen molar-refractivity contribution < 1.29 is 4.74 Å². The SMILES string of the molecule is CC(C)(C)c1ccc(/C(N)=C2\C3CCO[C@@H]3CN2N)cc1. The number of hydrazine groups is 1. The van der Waals surface area contributed by atoms with Gasteiger partial charge in [0, 0.05) is 12.5 Å². The molecule has 1 unspecified atom stereocenters. The van der Waals surface area contributed by atoms with Crippen LogP contribution in [0.4, 0.5) is 0 Å². The van der Waals surface area contributed by atoms with Crippen molar-refractivity contribution >= 4 is 5.70 Å². The first-order chi connectivity index (χ1) is 9.88. The summed E-state index contributed by atoms with van der Waals surface area (Å²) in [7, 11) is 0. The van der Waals surface area contributed by atoms with Gasteiger partial charge in [-0.1, -0.05) is 45.0 Å². The molecule has 4 heteroatoms. The number of ether oxygens (including phenoxy) is 1. The average Bonchev–Trinajstić information content (AvgIpc) is 2.97. The number of nitrogens with two attached hydrogens (primary N) is 2. The summed E-state index contributed by atoms with van der Waals surface area (Å²) in [6.45, 7) is 8.18. The van der Waals surface area contributed by atoms with Gasteiger partial charge < -0.3 is 15.5 Å². The summed E-state index contributed by atoms with van der Waals surface area (Å²) >= 11 is 0. The van der Waals surface area contributed by atoms with Crippen molar-refractivity contribution in [3.05, 3.63) is 41.1 Å². The largest absolute Gasteiger partial charge is 0.397 e. The maximum Gasteiger partial charge on any atom is 0.0850 e. The standard InChI is InChI=1S/C17H25N3O/c1-17(2,3)12-6-4-11(5-7-12)15(18)16-13-8-9-21-14(13)10-20(16)19/h4-7,13-14H,8-10,18-19H2,1-3H3/b16-15-/t13?,14-/m1/s1. The van der Waals surface area contributed by atoms with Crippen molar-refractivity contribution in [2.75, 3.05) is 13.2 Å². The highest BCUT2D eigenvalue weighted by atomic mass is 16.5. The van der Waals surface area contributed by atoms with Crippen LogP contribution in [-0.2, 0) is 10.2 Å². The summed E-state index contributed by atoms with van der Waals surface area (Å²) in [5.74, 6) is 6.47.